The number of imide groups is 1. The Labute approximate surface area is 166 Å². The summed E-state index contributed by atoms with van der Waals surface area (Å²) < 4.78 is 16.2. The van der Waals surface area contributed by atoms with Gasteiger partial charge in [-0.05, 0) is 24.5 Å². The maximum absolute atomic E-state index is 14.6. The highest BCUT2D eigenvalue weighted by molar-refractivity contribution is 6.33. The molecule has 4 rings (SSSR count). The number of likely N-dealkylation sites (N-methyl/N-ethyl adjacent to an activating group) is 1. The minimum atomic E-state index is -0.691. The largest absolute Gasteiger partial charge is 0.325 e. The van der Waals surface area contributed by atoms with Crippen molar-refractivity contribution in [3.05, 3.63) is 29.0 Å². The fraction of sp³-hybridized carbons (Fsp3) is 0.444. The van der Waals surface area contributed by atoms with E-state index in [-0.39, 0.29) is 16.4 Å². The lowest BCUT2D eigenvalue weighted by atomic mass is 10.1. The van der Waals surface area contributed by atoms with Crippen molar-refractivity contribution in [2.24, 2.45) is 5.92 Å². The Morgan fingerprint density at radius 2 is 2.04 bits per heavy atom. The Balaban J connectivity index is 1.88. The third kappa shape index (κ3) is 2.72. The first-order valence-corrected chi connectivity index (χ1v) is 9.42. The van der Waals surface area contributed by atoms with Crippen molar-refractivity contribution in [2.45, 2.75) is 32.5 Å². The topological polar surface area (TPSA) is 83.4 Å². The number of nitrogens with one attached hydrogen (secondary N) is 1. The fourth-order valence-electron chi connectivity index (χ4n) is 3.72. The molecule has 0 radical (unpaired) electrons. The molecule has 8 nitrogen and oxygen atoms in total. The van der Waals surface area contributed by atoms with Crippen LogP contribution < -0.4 is 10.2 Å². The van der Waals surface area contributed by atoms with Crippen LogP contribution >= 0.6 is 11.6 Å². The highest BCUT2D eigenvalue weighted by atomic mass is 35.5. The maximum atomic E-state index is 14.6. The van der Waals surface area contributed by atoms with Crippen LogP contribution in [0.15, 0.2) is 18.2 Å². The Hall–Kier alpha value is -2.68. The van der Waals surface area contributed by atoms with Crippen LogP contribution in [-0.4, -0.2) is 51.2 Å². The quantitative estimate of drug-likeness (QED) is 0.843. The SMILES string of the molecule is CC(C)CCN1c2nnc(-c3c(F)cccc3Cl)n2C2C1C(=O)NC(=O)N2C. The van der Waals surface area contributed by atoms with Crippen LogP contribution in [0, 0.1) is 11.7 Å². The van der Waals surface area contributed by atoms with Gasteiger partial charge in [-0.15, -0.1) is 10.2 Å². The third-order valence-electron chi connectivity index (χ3n) is 5.17. The van der Waals surface area contributed by atoms with Crippen LogP contribution in [0.3, 0.4) is 0 Å². The van der Waals surface area contributed by atoms with Crippen LogP contribution in [0.2, 0.25) is 5.02 Å². The molecule has 2 unspecified atom stereocenters. The van der Waals surface area contributed by atoms with E-state index in [1.165, 1.54) is 17.0 Å². The van der Waals surface area contributed by atoms with E-state index in [1.54, 1.807) is 17.7 Å². The van der Waals surface area contributed by atoms with Crippen LogP contribution in [0.4, 0.5) is 15.1 Å². The number of hydrogen-bond donors (Lipinski definition) is 1. The molecule has 1 fully saturated rings. The molecule has 1 aromatic carbocycles. The number of urea groups is 1. The molecule has 3 amide bonds. The summed E-state index contributed by atoms with van der Waals surface area (Å²) in [6.45, 7) is 4.72. The van der Waals surface area contributed by atoms with E-state index in [9.17, 15) is 14.0 Å². The van der Waals surface area contributed by atoms with Gasteiger partial charge in [0, 0.05) is 13.6 Å². The van der Waals surface area contributed by atoms with Crippen molar-refractivity contribution in [1.82, 2.24) is 25.0 Å². The summed E-state index contributed by atoms with van der Waals surface area (Å²) in [5, 5.41) is 10.9. The zero-order valence-electron chi connectivity index (χ0n) is 15.7. The van der Waals surface area contributed by atoms with Crippen LogP contribution in [0.1, 0.15) is 26.4 Å². The molecule has 2 aliphatic rings. The number of hydrogen-bond acceptors (Lipinski definition) is 5. The third-order valence-corrected chi connectivity index (χ3v) is 5.48. The number of carbonyl (C=O) groups excluding carboxylic acids is 2. The summed E-state index contributed by atoms with van der Waals surface area (Å²) in [6.07, 6.45) is 0.126. The monoisotopic (exact) mass is 406 g/mol. The molecule has 1 saturated heterocycles. The molecule has 148 valence electrons. The predicted molar refractivity (Wildman–Crippen MR) is 101 cm³/mol. The molecule has 3 heterocycles. The molecule has 0 saturated carbocycles. The van der Waals surface area contributed by atoms with Gasteiger partial charge < -0.3 is 9.80 Å². The first-order chi connectivity index (χ1) is 13.3. The van der Waals surface area contributed by atoms with Gasteiger partial charge in [0.05, 0.1) is 10.6 Å². The van der Waals surface area contributed by atoms with Gasteiger partial charge in [-0.3, -0.25) is 14.7 Å². The van der Waals surface area contributed by atoms with Crippen molar-refractivity contribution in [1.29, 1.82) is 0 Å². The van der Waals surface area contributed by atoms with Gasteiger partial charge in [0.25, 0.3) is 5.91 Å². The first kappa shape index (κ1) is 18.7. The molecule has 0 aliphatic carbocycles. The van der Waals surface area contributed by atoms with Crippen LogP contribution in [-0.2, 0) is 4.79 Å². The summed E-state index contributed by atoms with van der Waals surface area (Å²) in [4.78, 5) is 28.2. The van der Waals surface area contributed by atoms with Crippen molar-refractivity contribution >= 4 is 29.5 Å². The Kier molecular flexibility index (Phi) is 4.49. The second-order valence-electron chi connectivity index (χ2n) is 7.43. The van der Waals surface area contributed by atoms with Crippen LogP contribution in [0.5, 0.6) is 0 Å². The van der Waals surface area contributed by atoms with E-state index in [4.69, 9.17) is 11.6 Å². The van der Waals surface area contributed by atoms with Crippen molar-refractivity contribution in [2.75, 3.05) is 18.5 Å². The first-order valence-electron chi connectivity index (χ1n) is 9.04. The van der Waals surface area contributed by atoms with Crippen molar-refractivity contribution in [3.63, 3.8) is 0 Å². The number of aromatic nitrogens is 3. The highest BCUT2D eigenvalue weighted by Gasteiger charge is 2.52. The van der Waals surface area contributed by atoms with Gasteiger partial charge in [0.1, 0.15) is 12.0 Å². The van der Waals surface area contributed by atoms with Crippen molar-refractivity contribution in [3.8, 4) is 11.4 Å². The molecule has 2 atom stereocenters. The lowest BCUT2D eigenvalue weighted by Gasteiger charge is -2.37. The second-order valence-corrected chi connectivity index (χ2v) is 7.84. The molecular formula is C18H20ClFN6O2. The molecule has 28 heavy (non-hydrogen) atoms. The Morgan fingerprint density at radius 3 is 2.71 bits per heavy atom. The Morgan fingerprint density at radius 1 is 1.29 bits per heavy atom. The smallest absolute Gasteiger partial charge is 0.325 e. The number of rotatable bonds is 4. The molecule has 2 aromatic rings. The molecule has 1 N–H and O–H groups in total. The molecule has 0 spiro atoms. The summed E-state index contributed by atoms with van der Waals surface area (Å²) in [5.74, 6) is 0.0557. The van der Waals surface area contributed by atoms with Crippen LogP contribution in [0.25, 0.3) is 11.4 Å². The van der Waals surface area contributed by atoms with E-state index >= 15 is 0 Å². The van der Waals surface area contributed by atoms with Gasteiger partial charge >= 0.3 is 6.03 Å². The lowest BCUT2D eigenvalue weighted by Crippen LogP contribution is -2.61. The average molecular weight is 407 g/mol. The molecular weight excluding hydrogens is 387 g/mol. The van der Waals surface area contributed by atoms with Gasteiger partial charge in [-0.2, -0.15) is 0 Å². The van der Waals surface area contributed by atoms with Gasteiger partial charge in [-0.25, -0.2) is 9.18 Å². The number of benzene rings is 1. The number of amides is 3. The van der Waals surface area contributed by atoms with Crippen molar-refractivity contribution < 1.29 is 14.0 Å². The standard InChI is InChI=1S/C18H20ClFN6O2/c1-9(2)7-8-25-13-15(27)21-18(28)24(3)16(13)26-14(22-23-17(25)26)12-10(19)5-4-6-11(12)20/h4-6,9,13,16H,7-8H2,1-3H3,(H,21,27,28). The van der Waals surface area contributed by atoms with Gasteiger partial charge in [0.15, 0.2) is 11.9 Å². The number of nitrogens with zero attached hydrogens (tertiary/aromatic N) is 5. The number of anilines is 1. The lowest BCUT2D eigenvalue weighted by molar-refractivity contribution is -0.124. The van der Waals surface area contributed by atoms with E-state index in [0.29, 0.717) is 18.4 Å². The summed E-state index contributed by atoms with van der Waals surface area (Å²) in [5.41, 5.74) is 0.0965. The normalized spacial score (nSPS) is 21.2. The minimum Gasteiger partial charge on any atom is -0.325 e. The number of fused-ring (bicyclic) bond motifs is 3. The van der Waals surface area contributed by atoms with E-state index in [0.717, 1.165) is 6.42 Å². The van der Waals surface area contributed by atoms with E-state index in [2.05, 4.69) is 29.4 Å². The second kappa shape index (κ2) is 6.73. The minimum absolute atomic E-state index is 0.0965. The fourth-order valence-corrected chi connectivity index (χ4v) is 3.96. The summed E-state index contributed by atoms with van der Waals surface area (Å²) >= 11 is 6.24. The maximum Gasteiger partial charge on any atom is 0.325 e. The zero-order valence-corrected chi connectivity index (χ0v) is 16.4. The Bertz CT molecular complexity index is 941. The van der Waals surface area contributed by atoms with Gasteiger partial charge in [0.2, 0.25) is 5.95 Å². The molecule has 0 bridgehead atoms. The predicted octanol–water partition coefficient (Wildman–Crippen LogP) is 2.65. The highest BCUT2D eigenvalue weighted by Crippen LogP contribution is 2.42. The summed E-state index contributed by atoms with van der Waals surface area (Å²) in [6, 6.07) is 3.16. The summed E-state index contributed by atoms with van der Waals surface area (Å²) in [7, 11) is 1.59. The number of carbonyl (C=O) groups is 2. The molecule has 10 heteroatoms. The zero-order chi connectivity index (χ0) is 20.2. The van der Waals surface area contributed by atoms with E-state index < -0.39 is 30.0 Å². The average Bonchev–Trinajstić information content (AvgIpc) is 3.17. The van der Waals surface area contributed by atoms with Gasteiger partial charge in [-0.1, -0.05) is 31.5 Å². The number of halogens is 2. The molecule has 1 aromatic heterocycles. The molecule has 2 aliphatic heterocycles. The van der Waals surface area contributed by atoms with E-state index in [1.807, 2.05) is 4.90 Å².